The van der Waals surface area contributed by atoms with Gasteiger partial charge < -0.3 is 5.11 Å². The molecule has 4 rings (SSSR count). The van der Waals surface area contributed by atoms with Crippen molar-refractivity contribution in [1.82, 2.24) is 4.90 Å². The van der Waals surface area contributed by atoms with Gasteiger partial charge in [-0.2, -0.15) is 0 Å². The van der Waals surface area contributed by atoms with Crippen LogP contribution in [0.2, 0.25) is 0 Å². The molecule has 0 spiro atoms. The fourth-order valence-corrected chi connectivity index (χ4v) is 3.07. The highest BCUT2D eigenvalue weighted by Crippen LogP contribution is 2.40. The van der Waals surface area contributed by atoms with Gasteiger partial charge >= 0.3 is 0 Å². The molecule has 0 saturated carbocycles. The van der Waals surface area contributed by atoms with Gasteiger partial charge in [-0.05, 0) is 37.1 Å². The van der Waals surface area contributed by atoms with Crippen molar-refractivity contribution in [2.75, 3.05) is 19.7 Å². The van der Waals surface area contributed by atoms with Gasteiger partial charge in [0.25, 0.3) is 0 Å². The molecule has 2 nitrogen and oxygen atoms in total. The molecule has 1 aromatic carbocycles. The summed E-state index contributed by atoms with van der Waals surface area (Å²) in [6.45, 7) is 3.64. The molecule has 0 amide bonds. The Bertz CT molecular complexity index is 367. The topological polar surface area (TPSA) is 23.5 Å². The normalized spacial score (nSPS) is 33.5. The SMILES string of the molecule is OCC12CCN(CC1)Cc1ccccc12. The highest BCUT2D eigenvalue weighted by molar-refractivity contribution is 5.37. The number of hydrogen-bond acceptors (Lipinski definition) is 2. The lowest BCUT2D eigenvalue weighted by Gasteiger charge is -2.37. The summed E-state index contributed by atoms with van der Waals surface area (Å²) in [4.78, 5) is 2.50. The highest BCUT2D eigenvalue weighted by Gasteiger charge is 2.39. The van der Waals surface area contributed by atoms with E-state index in [2.05, 4.69) is 29.2 Å². The third-order valence-electron chi connectivity index (χ3n) is 4.10. The molecular weight excluding hydrogens is 186 g/mol. The first kappa shape index (κ1) is 9.37. The summed E-state index contributed by atoms with van der Waals surface area (Å²) in [5.41, 5.74) is 2.87. The van der Waals surface area contributed by atoms with Gasteiger partial charge in [0, 0.05) is 12.0 Å². The lowest BCUT2D eigenvalue weighted by molar-refractivity contribution is 0.111. The number of hydrogen-bond donors (Lipinski definition) is 1. The molecule has 0 atom stereocenters. The van der Waals surface area contributed by atoms with E-state index >= 15 is 0 Å². The van der Waals surface area contributed by atoms with Crippen LogP contribution in [0.3, 0.4) is 0 Å². The van der Waals surface area contributed by atoms with Gasteiger partial charge in [-0.3, -0.25) is 4.90 Å². The van der Waals surface area contributed by atoms with Gasteiger partial charge in [0.1, 0.15) is 0 Å². The van der Waals surface area contributed by atoms with Crippen molar-refractivity contribution < 1.29 is 5.11 Å². The van der Waals surface area contributed by atoms with Crippen LogP contribution in [-0.4, -0.2) is 29.7 Å². The van der Waals surface area contributed by atoms with Crippen molar-refractivity contribution in [3.8, 4) is 0 Å². The number of aliphatic hydroxyl groups is 1. The molecule has 15 heavy (non-hydrogen) atoms. The summed E-state index contributed by atoms with van der Waals surface area (Å²) >= 11 is 0. The van der Waals surface area contributed by atoms with Crippen molar-refractivity contribution in [2.24, 2.45) is 0 Å². The molecule has 1 fully saturated rings. The van der Waals surface area contributed by atoms with Gasteiger partial charge in [-0.1, -0.05) is 24.3 Å². The molecule has 0 unspecified atom stereocenters. The Balaban J connectivity index is 2.16. The molecule has 3 aliphatic heterocycles. The summed E-state index contributed by atoms with van der Waals surface area (Å²) in [7, 11) is 0. The smallest absolute Gasteiger partial charge is 0.0529 e. The minimum atomic E-state index is 0.0591. The number of benzene rings is 1. The van der Waals surface area contributed by atoms with Crippen molar-refractivity contribution >= 4 is 0 Å². The van der Waals surface area contributed by atoms with Crippen LogP contribution >= 0.6 is 0 Å². The van der Waals surface area contributed by atoms with Crippen LogP contribution in [0.1, 0.15) is 24.0 Å². The predicted molar refractivity (Wildman–Crippen MR) is 59.7 cm³/mol. The third-order valence-corrected chi connectivity index (χ3v) is 4.10. The minimum Gasteiger partial charge on any atom is -0.395 e. The second kappa shape index (κ2) is 3.32. The van der Waals surface area contributed by atoms with Crippen LogP contribution in [0, 0.1) is 0 Å². The maximum Gasteiger partial charge on any atom is 0.0529 e. The number of rotatable bonds is 1. The van der Waals surface area contributed by atoms with E-state index in [4.69, 9.17) is 0 Å². The van der Waals surface area contributed by atoms with Crippen molar-refractivity contribution in [3.05, 3.63) is 35.4 Å². The Hall–Kier alpha value is -0.860. The first-order chi connectivity index (χ1) is 7.34. The molecule has 2 heteroatoms. The van der Waals surface area contributed by atoms with Crippen LogP contribution in [0.5, 0.6) is 0 Å². The Morgan fingerprint density at radius 3 is 2.67 bits per heavy atom. The summed E-state index contributed by atoms with van der Waals surface area (Å²) in [6, 6.07) is 8.63. The number of aliphatic hydroxyl groups excluding tert-OH is 1. The standard InChI is InChI=1S/C13H17NO/c15-10-13-5-7-14(8-6-13)9-11-3-1-2-4-12(11)13/h1-4,15H,5-10H2. The summed E-state index contributed by atoms with van der Waals surface area (Å²) in [5.74, 6) is 0. The van der Waals surface area contributed by atoms with Gasteiger partial charge in [-0.25, -0.2) is 0 Å². The predicted octanol–water partition coefficient (Wildman–Crippen LogP) is 1.53. The van der Waals surface area contributed by atoms with E-state index in [0.717, 1.165) is 32.5 Å². The molecule has 0 aliphatic carbocycles. The highest BCUT2D eigenvalue weighted by atomic mass is 16.3. The molecule has 3 heterocycles. The lowest BCUT2D eigenvalue weighted by Crippen LogP contribution is -2.41. The zero-order valence-corrected chi connectivity index (χ0v) is 8.95. The zero-order valence-electron chi connectivity index (χ0n) is 8.95. The largest absolute Gasteiger partial charge is 0.395 e. The second-order valence-electron chi connectivity index (χ2n) is 4.87. The molecule has 1 N–H and O–H groups in total. The van der Waals surface area contributed by atoms with Crippen molar-refractivity contribution in [1.29, 1.82) is 0 Å². The van der Waals surface area contributed by atoms with Gasteiger partial charge in [0.05, 0.1) is 6.61 Å². The fourth-order valence-electron chi connectivity index (χ4n) is 3.07. The van der Waals surface area contributed by atoms with E-state index in [1.54, 1.807) is 0 Å². The van der Waals surface area contributed by atoms with Crippen LogP contribution in [0.25, 0.3) is 0 Å². The molecular formula is C13H17NO. The molecule has 80 valence electrons. The molecule has 1 aromatic rings. The summed E-state index contributed by atoms with van der Waals surface area (Å²) < 4.78 is 0. The number of fused-ring (bicyclic) bond motifs is 2. The first-order valence-corrected chi connectivity index (χ1v) is 5.76. The monoisotopic (exact) mass is 203 g/mol. The lowest BCUT2D eigenvalue weighted by atomic mass is 9.73. The maximum atomic E-state index is 9.72. The van der Waals surface area contributed by atoms with E-state index < -0.39 is 0 Å². The molecule has 1 saturated heterocycles. The van der Waals surface area contributed by atoms with E-state index in [1.807, 2.05) is 0 Å². The van der Waals surface area contributed by atoms with E-state index in [1.165, 1.54) is 11.1 Å². The average molecular weight is 203 g/mol. The van der Waals surface area contributed by atoms with Crippen molar-refractivity contribution in [2.45, 2.75) is 24.8 Å². The van der Waals surface area contributed by atoms with E-state index in [9.17, 15) is 5.11 Å². The zero-order chi connectivity index (χ0) is 10.3. The number of nitrogens with zero attached hydrogens (tertiary/aromatic N) is 1. The molecule has 0 aromatic heterocycles. The van der Waals surface area contributed by atoms with E-state index in [0.29, 0.717) is 6.61 Å². The molecule has 0 radical (unpaired) electrons. The third kappa shape index (κ3) is 1.32. The van der Waals surface area contributed by atoms with E-state index in [-0.39, 0.29) is 5.41 Å². The van der Waals surface area contributed by atoms with Crippen LogP contribution in [0.4, 0.5) is 0 Å². The Morgan fingerprint density at radius 2 is 1.93 bits per heavy atom. The Kier molecular flexibility index (Phi) is 2.08. The van der Waals surface area contributed by atoms with Crippen LogP contribution in [-0.2, 0) is 12.0 Å². The van der Waals surface area contributed by atoms with Crippen molar-refractivity contribution in [3.63, 3.8) is 0 Å². The quantitative estimate of drug-likeness (QED) is 0.748. The maximum absolute atomic E-state index is 9.72. The fraction of sp³-hybridized carbons (Fsp3) is 0.538. The van der Waals surface area contributed by atoms with Crippen LogP contribution < -0.4 is 0 Å². The Labute approximate surface area is 90.5 Å². The van der Waals surface area contributed by atoms with Gasteiger partial charge in [0.15, 0.2) is 0 Å². The number of piperidine rings is 1. The second-order valence-corrected chi connectivity index (χ2v) is 4.87. The Morgan fingerprint density at radius 1 is 1.20 bits per heavy atom. The minimum absolute atomic E-state index is 0.0591. The molecule has 3 aliphatic rings. The summed E-state index contributed by atoms with van der Waals surface area (Å²) in [5, 5.41) is 9.72. The average Bonchev–Trinajstić information content (AvgIpc) is 2.56. The van der Waals surface area contributed by atoms with Gasteiger partial charge in [0.2, 0.25) is 0 Å². The summed E-state index contributed by atoms with van der Waals surface area (Å²) in [6.07, 6.45) is 2.22. The van der Waals surface area contributed by atoms with Crippen LogP contribution in [0.15, 0.2) is 24.3 Å². The molecule has 2 bridgehead atoms. The van der Waals surface area contributed by atoms with Gasteiger partial charge in [-0.15, -0.1) is 0 Å². The first-order valence-electron chi connectivity index (χ1n) is 5.76.